The summed E-state index contributed by atoms with van der Waals surface area (Å²) in [4.78, 5) is 0. The minimum Gasteiger partial charge on any atom is -0.383 e. The third-order valence-electron chi connectivity index (χ3n) is 3.50. The van der Waals surface area contributed by atoms with Crippen molar-refractivity contribution >= 4 is 23.2 Å². The molecule has 0 spiro atoms. The first-order valence-electron chi connectivity index (χ1n) is 6.29. The summed E-state index contributed by atoms with van der Waals surface area (Å²) in [6.07, 6.45) is 3.64. The van der Waals surface area contributed by atoms with Gasteiger partial charge in [0, 0.05) is 20.2 Å². The van der Waals surface area contributed by atoms with Gasteiger partial charge in [-0.2, -0.15) is 0 Å². The Morgan fingerprint density at radius 3 is 2.67 bits per heavy atom. The first-order valence-corrected chi connectivity index (χ1v) is 7.04. The Labute approximate surface area is 119 Å². The third kappa shape index (κ3) is 3.86. The molecule has 1 aliphatic carbocycles. The molecule has 18 heavy (non-hydrogen) atoms. The van der Waals surface area contributed by atoms with Crippen molar-refractivity contribution in [3.05, 3.63) is 33.8 Å². The van der Waals surface area contributed by atoms with E-state index in [1.165, 1.54) is 18.4 Å². The molecule has 0 aromatic heterocycles. The number of benzene rings is 1. The molecule has 100 valence electrons. The Bertz CT molecular complexity index is 405. The van der Waals surface area contributed by atoms with Crippen LogP contribution in [0.5, 0.6) is 0 Å². The lowest BCUT2D eigenvalue weighted by molar-refractivity contribution is 0.197. The van der Waals surface area contributed by atoms with Gasteiger partial charge >= 0.3 is 0 Å². The molecule has 0 saturated heterocycles. The van der Waals surface area contributed by atoms with Gasteiger partial charge in [0.15, 0.2) is 0 Å². The lowest BCUT2D eigenvalue weighted by atomic mass is 9.96. The minimum absolute atomic E-state index is 0.422. The topological polar surface area (TPSA) is 21.3 Å². The highest BCUT2D eigenvalue weighted by Gasteiger charge is 2.41. The molecule has 0 amide bonds. The van der Waals surface area contributed by atoms with Gasteiger partial charge in [-0.05, 0) is 42.4 Å². The van der Waals surface area contributed by atoms with Crippen LogP contribution in [0.2, 0.25) is 10.0 Å². The summed E-state index contributed by atoms with van der Waals surface area (Å²) in [7, 11) is 1.73. The van der Waals surface area contributed by atoms with Crippen LogP contribution in [0.25, 0.3) is 0 Å². The van der Waals surface area contributed by atoms with Gasteiger partial charge < -0.3 is 10.1 Å². The summed E-state index contributed by atoms with van der Waals surface area (Å²) in [5.74, 6) is 0. The quantitative estimate of drug-likeness (QED) is 0.775. The molecule has 1 N–H and O–H groups in total. The molecule has 0 bridgehead atoms. The van der Waals surface area contributed by atoms with Crippen LogP contribution in [0.15, 0.2) is 18.2 Å². The van der Waals surface area contributed by atoms with Crippen LogP contribution < -0.4 is 5.32 Å². The highest BCUT2D eigenvalue weighted by Crippen LogP contribution is 2.48. The number of methoxy groups -OCH3 is 1. The monoisotopic (exact) mass is 287 g/mol. The van der Waals surface area contributed by atoms with E-state index in [2.05, 4.69) is 11.4 Å². The normalized spacial score (nSPS) is 16.8. The van der Waals surface area contributed by atoms with Crippen LogP contribution >= 0.6 is 23.2 Å². The van der Waals surface area contributed by atoms with Gasteiger partial charge in [-0.25, -0.2) is 0 Å². The van der Waals surface area contributed by atoms with E-state index in [1.54, 1.807) is 7.11 Å². The predicted octanol–water partition coefficient (Wildman–Crippen LogP) is 3.55. The van der Waals surface area contributed by atoms with E-state index in [9.17, 15) is 0 Å². The predicted molar refractivity (Wildman–Crippen MR) is 76.6 cm³/mol. The number of halogens is 2. The lowest BCUT2D eigenvalue weighted by Crippen LogP contribution is -2.28. The molecule has 0 radical (unpaired) electrons. The Kier molecular flexibility index (Phi) is 4.91. The fourth-order valence-corrected chi connectivity index (χ4v) is 2.52. The SMILES string of the molecule is COCCNCC1(Cc2ccc(Cl)c(Cl)c2)CC1. The zero-order valence-corrected chi connectivity index (χ0v) is 12.2. The standard InChI is InChI=1S/C14H19Cl2NO/c1-18-7-6-17-10-14(4-5-14)9-11-2-3-12(15)13(16)8-11/h2-3,8,17H,4-7,9-10H2,1H3. The molecule has 2 nitrogen and oxygen atoms in total. The summed E-state index contributed by atoms with van der Waals surface area (Å²) in [5, 5.41) is 4.73. The average Bonchev–Trinajstić information content (AvgIpc) is 3.10. The van der Waals surface area contributed by atoms with Gasteiger partial charge in [-0.1, -0.05) is 29.3 Å². The second-order valence-electron chi connectivity index (χ2n) is 5.09. The summed E-state index contributed by atoms with van der Waals surface area (Å²) in [5.41, 5.74) is 1.70. The van der Waals surface area contributed by atoms with E-state index in [4.69, 9.17) is 27.9 Å². The zero-order chi connectivity index (χ0) is 13.0. The largest absolute Gasteiger partial charge is 0.383 e. The molecular weight excluding hydrogens is 269 g/mol. The maximum Gasteiger partial charge on any atom is 0.0595 e. The number of hydrogen-bond acceptors (Lipinski definition) is 2. The van der Waals surface area contributed by atoms with E-state index >= 15 is 0 Å². The van der Waals surface area contributed by atoms with Crippen LogP contribution in [-0.4, -0.2) is 26.8 Å². The zero-order valence-electron chi connectivity index (χ0n) is 10.6. The maximum atomic E-state index is 6.04. The molecule has 1 aliphatic rings. The van der Waals surface area contributed by atoms with E-state index < -0.39 is 0 Å². The first kappa shape index (κ1) is 14.1. The van der Waals surface area contributed by atoms with Gasteiger partial charge in [0.05, 0.1) is 16.7 Å². The fourth-order valence-electron chi connectivity index (χ4n) is 2.20. The molecule has 0 atom stereocenters. The van der Waals surface area contributed by atoms with E-state index in [-0.39, 0.29) is 0 Å². The van der Waals surface area contributed by atoms with Crippen LogP contribution in [-0.2, 0) is 11.2 Å². The van der Waals surface area contributed by atoms with Crippen LogP contribution in [0.4, 0.5) is 0 Å². The van der Waals surface area contributed by atoms with Gasteiger partial charge in [0.25, 0.3) is 0 Å². The minimum atomic E-state index is 0.422. The third-order valence-corrected chi connectivity index (χ3v) is 4.24. The molecule has 0 heterocycles. The molecule has 1 aromatic carbocycles. The lowest BCUT2D eigenvalue weighted by Gasteiger charge is -2.16. The van der Waals surface area contributed by atoms with Crippen LogP contribution in [0.1, 0.15) is 18.4 Å². The molecular formula is C14H19Cl2NO. The smallest absolute Gasteiger partial charge is 0.0595 e. The van der Waals surface area contributed by atoms with E-state index in [0.717, 1.165) is 26.1 Å². The summed E-state index contributed by atoms with van der Waals surface area (Å²) >= 11 is 12.0. The maximum absolute atomic E-state index is 6.04. The summed E-state index contributed by atoms with van der Waals surface area (Å²) in [6, 6.07) is 5.94. The van der Waals surface area contributed by atoms with Crippen molar-refractivity contribution in [2.24, 2.45) is 5.41 Å². The average molecular weight is 288 g/mol. The molecule has 0 aliphatic heterocycles. The van der Waals surface area contributed by atoms with Gasteiger partial charge in [-0.15, -0.1) is 0 Å². The van der Waals surface area contributed by atoms with E-state index in [0.29, 0.717) is 15.5 Å². The summed E-state index contributed by atoms with van der Waals surface area (Å²) < 4.78 is 5.03. The van der Waals surface area contributed by atoms with Crippen molar-refractivity contribution in [1.82, 2.24) is 5.32 Å². The number of ether oxygens (including phenoxy) is 1. The highest BCUT2D eigenvalue weighted by atomic mass is 35.5. The van der Waals surface area contributed by atoms with Crippen molar-refractivity contribution in [3.63, 3.8) is 0 Å². The molecule has 1 fully saturated rings. The molecule has 0 unspecified atom stereocenters. The molecule has 4 heteroatoms. The van der Waals surface area contributed by atoms with Crippen LogP contribution in [0, 0.1) is 5.41 Å². The van der Waals surface area contributed by atoms with E-state index in [1.807, 2.05) is 12.1 Å². The number of hydrogen-bond donors (Lipinski definition) is 1. The Morgan fingerprint density at radius 1 is 1.28 bits per heavy atom. The van der Waals surface area contributed by atoms with Crippen molar-refractivity contribution in [2.45, 2.75) is 19.3 Å². The summed E-state index contributed by atoms with van der Waals surface area (Å²) in [6.45, 7) is 2.74. The number of rotatable bonds is 7. The molecule has 2 rings (SSSR count). The molecule has 1 saturated carbocycles. The highest BCUT2D eigenvalue weighted by molar-refractivity contribution is 6.42. The van der Waals surface area contributed by atoms with Crippen molar-refractivity contribution in [2.75, 3.05) is 26.8 Å². The van der Waals surface area contributed by atoms with Crippen molar-refractivity contribution in [3.8, 4) is 0 Å². The van der Waals surface area contributed by atoms with Gasteiger partial charge in [-0.3, -0.25) is 0 Å². The van der Waals surface area contributed by atoms with Gasteiger partial charge in [0.1, 0.15) is 0 Å². The second kappa shape index (κ2) is 6.25. The second-order valence-corrected chi connectivity index (χ2v) is 5.91. The number of nitrogens with one attached hydrogen (secondary N) is 1. The molecule has 1 aromatic rings. The van der Waals surface area contributed by atoms with Crippen molar-refractivity contribution in [1.29, 1.82) is 0 Å². The Hall–Kier alpha value is -0.280. The fraction of sp³-hybridized carbons (Fsp3) is 0.571. The Balaban J connectivity index is 1.86. The Morgan fingerprint density at radius 2 is 2.06 bits per heavy atom. The van der Waals surface area contributed by atoms with Crippen LogP contribution in [0.3, 0.4) is 0 Å². The van der Waals surface area contributed by atoms with Gasteiger partial charge in [0.2, 0.25) is 0 Å². The first-order chi connectivity index (χ1) is 8.65. The van der Waals surface area contributed by atoms with Crippen molar-refractivity contribution < 1.29 is 4.74 Å².